The first-order chi connectivity index (χ1) is 12.4. The van der Waals surface area contributed by atoms with Crippen LogP contribution < -0.4 is 5.32 Å². The van der Waals surface area contributed by atoms with Crippen LogP contribution in [0.1, 0.15) is 24.2 Å². The molecule has 1 N–H and O–H groups in total. The maximum absolute atomic E-state index is 4.30. The predicted octanol–water partition coefficient (Wildman–Crippen LogP) is 2.53. The Morgan fingerprint density at radius 3 is 2.60 bits per heavy atom. The van der Waals surface area contributed by atoms with Crippen molar-refractivity contribution in [2.45, 2.75) is 31.8 Å². The Morgan fingerprint density at radius 1 is 0.960 bits per heavy atom. The quantitative estimate of drug-likeness (QED) is 0.752. The molecule has 2 aromatic heterocycles. The fourth-order valence-corrected chi connectivity index (χ4v) is 3.54. The lowest BCUT2D eigenvalue weighted by Gasteiger charge is -2.32. The molecule has 1 aromatic carbocycles. The zero-order valence-corrected chi connectivity index (χ0v) is 14.5. The van der Waals surface area contributed by atoms with Crippen molar-refractivity contribution in [3.8, 4) is 0 Å². The van der Waals surface area contributed by atoms with Gasteiger partial charge in [-0.25, -0.2) is 0 Å². The van der Waals surface area contributed by atoms with Crippen LogP contribution >= 0.6 is 0 Å². The third-order valence-corrected chi connectivity index (χ3v) is 5.08. The van der Waals surface area contributed by atoms with E-state index in [-0.39, 0.29) is 0 Å². The molecular formula is C20H25N5. The van der Waals surface area contributed by atoms with Gasteiger partial charge in [-0.1, -0.05) is 36.4 Å². The van der Waals surface area contributed by atoms with Crippen LogP contribution in [0.15, 0.2) is 54.7 Å². The third kappa shape index (κ3) is 4.06. The van der Waals surface area contributed by atoms with Gasteiger partial charge in [-0.2, -0.15) is 0 Å². The number of hydrogen-bond acceptors (Lipinski definition) is 4. The molecule has 1 aliphatic rings. The Morgan fingerprint density at radius 2 is 1.76 bits per heavy atom. The summed E-state index contributed by atoms with van der Waals surface area (Å²) in [6.07, 6.45) is 5.57. The average molecular weight is 335 g/mol. The van der Waals surface area contributed by atoms with Gasteiger partial charge in [0, 0.05) is 18.8 Å². The molecule has 1 fully saturated rings. The highest BCUT2D eigenvalue weighted by Crippen LogP contribution is 2.12. The second kappa shape index (κ2) is 7.76. The summed E-state index contributed by atoms with van der Waals surface area (Å²) in [4.78, 5) is 2.58. The van der Waals surface area contributed by atoms with Gasteiger partial charge in [-0.05, 0) is 50.0 Å². The minimum absolute atomic E-state index is 0.573. The number of rotatable bonds is 6. The molecule has 1 aliphatic heterocycles. The molecule has 3 aromatic rings. The highest BCUT2D eigenvalue weighted by molar-refractivity contribution is 5.36. The number of nitrogens with one attached hydrogen (secondary N) is 1. The Hall–Kier alpha value is -2.24. The zero-order valence-electron chi connectivity index (χ0n) is 14.5. The smallest absolute Gasteiger partial charge is 0.160 e. The van der Waals surface area contributed by atoms with E-state index in [0.717, 1.165) is 31.0 Å². The summed E-state index contributed by atoms with van der Waals surface area (Å²) >= 11 is 0. The molecule has 3 heterocycles. The second-order valence-corrected chi connectivity index (χ2v) is 6.78. The van der Waals surface area contributed by atoms with Crippen molar-refractivity contribution in [1.29, 1.82) is 0 Å². The maximum atomic E-state index is 4.30. The van der Waals surface area contributed by atoms with E-state index in [0.29, 0.717) is 6.04 Å². The van der Waals surface area contributed by atoms with Crippen molar-refractivity contribution < 1.29 is 0 Å². The van der Waals surface area contributed by atoms with Crippen LogP contribution in [0.2, 0.25) is 0 Å². The molecule has 130 valence electrons. The van der Waals surface area contributed by atoms with Gasteiger partial charge in [0.15, 0.2) is 11.5 Å². The van der Waals surface area contributed by atoms with Gasteiger partial charge in [0.2, 0.25) is 0 Å². The normalized spacial score (nSPS) is 16.5. The maximum Gasteiger partial charge on any atom is 0.160 e. The highest BCUT2D eigenvalue weighted by atomic mass is 15.3. The van der Waals surface area contributed by atoms with Gasteiger partial charge in [0.1, 0.15) is 0 Å². The van der Waals surface area contributed by atoms with Crippen LogP contribution in [-0.4, -0.2) is 45.2 Å². The summed E-state index contributed by atoms with van der Waals surface area (Å²) < 4.78 is 2.06. The van der Waals surface area contributed by atoms with Crippen molar-refractivity contribution in [1.82, 2.24) is 24.8 Å². The monoisotopic (exact) mass is 335 g/mol. The van der Waals surface area contributed by atoms with Crippen LogP contribution in [-0.2, 0) is 13.0 Å². The summed E-state index contributed by atoms with van der Waals surface area (Å²) in [6.45, 7) is 4.28. The second-order valence-electron chi connectivity index (χ2n) is 6.78. The van der Waals surface area contributed by atoms with Gasteiger partial charge < -0.3 is 10.2 Å². The SMILES string of the molecule is c1ccc(CCN2CCC(NCc3nnc4ccccn34)CC2)cc1. The van der Waals surface area contributed by atoms with E-state index in [1.165, 1.54) is 31.5 Å². The summed E-state index contributed by atoms with van der Waals surface area (Å²) in [5.74, 6) is 0.988. The molecule has 0 amide bonds. The lowest BCUT2D eigenvalue weighted by atomic mass is 10.0. The summed E-state index contributed by atoms with van der Waals surface area (Å²) in [7, 11) is 0. The molecule has 0 atom stereocenters. The number of benzene rings is 1. The van der Waals surface area contributed by atoms with Crippen molar-refractivity contribution in [2.24, 2.45) is 0 Å². The number of pyridine rings is 1. The summed E-state index contributed by atoms with van der Waals surface area (Å²) in [6, 6.07) is 17.3. The van der Waals surface area contributed by atoms with E-state index >= 15 is 0 Å². The van der Waals surface area contributed by atoms with Crippen molar-refractivity contribution in [2.75, 3.05) is 19.6 Å². The van der Waals surface area contributed by atoms with Crippen LogP contribution in [0.4, 0.5) is 0 Å². The lowest BCUT2D eigenvalue weighted by Crippen LogP contribution is -2.43. The predicted molar refractivity (Wildman–Crippen MR) is 99.4 cm³/mol. The molecule has 1 saturated heterocycles. The Labute approximate surface area is 148 Å². The van der Waals surface area contributed by atoms with Gasteiger partial charge in [0.25, 0.3) is 0 Å². The number of likely N-dealkylation sites (tertiary alicyclic amines) is 1. The van der Waals surface area contributed by atoms with E-state index in [1.54, 1.807) is 0 Å². The lowest BCUT2D eigenvalue weighted by molar-refractivity contribution is 0.198. The minimum Gasteiger partial charge on any atom is -0.307 e. The van der Waals surface area contributed by atoms with E-state index in [4.69, 9.17) is 0 Å². The number of fused-ring (bicyclic) bond motifs is 1. The summed E-state index contributed by atoms with van der Waals surface area (Å²) in [5, 5.41) is 12.2. The summed E-state index contributed by atoms with van der Waals surface area (Å²) in [5.41, 5.74) is 2.34. The number of aromatic nitrogens is 3. The number of nitrogens with zero attached hydrogens (tertiary/aromatic N) is 4. The van der Waals surface area contributed by atoms with Crippen LogP contribution in [0.5, 0.6) is 0 Å². The van der Waals surface area contributed by atoms with Crippen molar-refractivity contribution >= 4 is 5.65 Å². The number of hydrogen-bond donors (Lipinski definition) is 1. The van der Waals surface area contributed by atoms with Crippen LogP contribution in [0.25, 0.3) is 5.65 Å². The Bertz CT molecular complexity index is 790. The standard InChI is InChI=1S/C20H25N5/c1-2-6-17(7-3-1)9-13-24-14-10-18(11-15-24)21-16-20-23-22-19-8-4-5-12-25(19)20/h1-8,12,18,21H,9-11,13-16H2. The molecule has 0 bridgehead atoms. The molecule has 0 saturated carbocycles. The molecule has 5 nitrogen and oxygen atoms in total. The molecule has 5 heteroatoms. The first kappa shape index (κ1) is 16.2. The van der Waals surface area contributed by atoms with Crippen molar-refractivity contribution in [3.05, 3.63) is 66.1 Å². The topological polar surface area (TPSA) is 45.5 Å². The average Bonchev–Trinajstić information content (AvgIpc) is 3.10. The largest absolute Gasteiger partial charge is 0.307 e. The van der Waals surface area contributed by atoms with E-state index in [9.17, 15) is 0 Å². The molecule has 0 aliphatic carbocycles. The number of piperidine rings is 1. The van der Waals surface area contributed by atoms with Gasteiger partial charge >= 0.3 is 0 Å². The zero-order chi connectivity index (χ0) is 16.9. The molecule has 0 radical (unpaired) electrons. The van der Waals surface area contributed by atoms with Gasteiger partial charge in [-0.3, -0.25) is 4.40 Å². The fraction of sp³-hybridized carbons (Fsp3) is 0.400. The fourth-order valence-electron chi connectivity index (χ4n) is 3.54. The van der Waals surface area contributed by atoms with E-state index < -0.39 is 0 Å². The Balaban J connectivity index is 1.22. The van der Waals surface area contributed by atoms with E-state index in [2.05, 4.69) is 55.1 Å². The van der Waals surface area contributed by atoms with Gasteiger partial charge in [0.05, 0.1) is 6.54 Å². The molecule has 4 rings (SSSR count). The molecule has 0 unspecified atom stereocenters. The Kier molecular flexibility index (Phi) is 5.04. The van der Waals surface area contributed by atoms with Crippen molar-refractivity contribution in [3.63, 3.8) is 0 Å². The van der Waals surface area contributed by atoms with Gasteiger partial charge in [-0.15, -0.1) is 10.2 Å². The molecule has 0 spiro atoms. The minimum atomic E-state index is 0.573. The third-order valence-electron chi connectivity index (χ3n) is 5.08. The highest BCUT2D eigenvalue weighted by Gasteiger charge is 2.19. The van der Waals surface area contributed by atoms with Crippen LogP contribution in [0, 0.1) is 0 Å². The van der Waals surface area contributed by atoms with E-state index in [1.807, 2.05) is 24.4 Å². The first-order valence-corrected chi connectivity index (χ1v) is 9.17. The molecular weight excluding hydrogens is 310 g/mol. The first-order valence-electron chi connectivity index (χ1n) is 9.17. The van der Waals surface area contributed by atoms with Crippen LogP contribution in [0.3, 0.4) is 0 Å². The molecule has 25 heavy (non-hydrogen) atoms.